The summed E-state index contributed by atoms with van der Waals surface area (Å²) in [5.41, 5.74) is 0. The molecule has 0 aromatic carbocycles. The molecule has 0 radical (unpaired) electrons. The summed E-state index contributed by atoms with van der Waals surface area (Å²) in [4.78, 5) is 11.3. The molecule has 1 fully saturated rings. The number of cyclic esters (lactones) is 1. The molecule has 0 aromatic rings. The molecule has 1 aliphatic heterocycles. The molecular formula is C18H34O4. The van der Waals surface area contributed by atoms with Crippen LogP contribution in [0.25, 0.3) is 0 Å². The summed E-state index contributed by atoms with van der Waals surface area (Å²) in [5.74, 6) is 1.10. The fourth-order valence-electron chi connectivity index (χ4n) is 3.35. The summed E-state index contributed by atoms with van der Waals surface area (Å²) in [6.07, 6.45) is 7.42. The van der Waals surface area contributed by atoms with Gasteiger partial charge >= 0.3 is 5.97 Å². The molecule has 2 N–H and O–H groups in total. The molecule has 0 spiro atoms. The molecule has 4 nitrogen and oxygen atoms in total. The van der Waals surface area contributed by atoms with E-state index in [1.807, 2.05) is 6.92 Å². The number of hydrogen-bond acceptors (Lipinski definition) is 4. The zero-order valence-electron chi connectivity index (χ0n) is 14.5. The molecule has 0 aliphatic carbocycles. The van der Waals surface area contributed by atoms with Crippen LogP contribution in [0.2, 0.25) is 0 Å². The van der Waals surface area contributed by atoms with E-state index in [-0.39, 0.29) is 24.6 Å². The first-order valence-electron chi connectivity index (χ1n) is 8.92. The number of hydrogen-bond donors (Lipinski definition) is 2. The molecule has 0 unspecified atom stereocenters. The Bertz CT molecular complexity index is 316. The molecule has 4 heteroatoms. The van der Waals surface area contributed by atoms with E-state index in [4.69, 9.17) is 4.74 Å². The lowest BCUT2D eigenvalue weighted by atomic mass is 9.89. The van der Waals surface area contributed by atoms with E-state index in [2.05, 4.69) is 13.8 Å². The first-order valence-corrected chi connectivity index (χ1v) is 8.92. The number of esters is 1. The van der Waals surface area contributed by atoms with Crippen molar-refractivity contribution in [3.8, 4) is 0 Å². The van der Waals surface area contributed by atoms with Crippen molar-refractivity contribution in [1.82, 2.24) is 0 Å². The summed E-state index contributed by atoms with van der Waals surface area (Å²) in [6.45, 7) is 6.41. The second-order valence-corrected chi connectivity index (χ2v) is 7.36. The van der Waals surface area contributed by atoms with Gasteiger partial charge in [0.1, 0.15) is 6.10 Å². The Hall–Kier alpha value is -0.610. The minimum atomic E-state index is -0.514. The van der Waals surface area contributed by atoms with E-state index in [1.165, 1.54) is 12.8 Å². The van der Waals surface area contributed by atoms with Crippen molar-refractivity contribution in [3.63, 3.8) is 0 Å². The van der Waals surface area contributed by atoms with Crippen LogP contribution in [0.15, 0.2) is 0 Å². The molecule has 1 rings (SSSR count). The second kappa shape index (κ2) is 10.2. The number of carbonyl (C=O) groups excluding carboxylic acids is 1. The van der Waals surface area contributed by atoms with Gasteiger partial charge in [-0.3, -0.25) is 4.79 Å². The van der Waals surface area contributed by atoms with Crippen LogP contribution in [0.5, 0.6) is 0 Å². The van der Waals surface area contributed by atoms with Crippen molar-refractivity contribution >= 4 is 5.97 Å². The van der Waals surface area contributed by atoms with E-state index in [0.29, 0.717) is 18.3 Å². The standard InChI is InChI=1S/C18H34O4/c1-13(10-14(2)8-9-15(3)19)6-4-5-7-17-11-16(20)12-18(21)22-17/h13-17,19-20H,4-12H2,1-3H3/t13-,14+,15+,16-,17-/m0/s1. The average Bonchev–Trinajstić information content (AvgIpc) is 2.40. The maximum absolute atomic E-state index is 11.3. The Morgan fingerprint density at radius 2 is 1.82 bits per heavy atom. The monoisotopic (exact) mass is 314 g/mol. The van der Waals surface area contributed by atoms with Crippen molar-refractivity contribution < 1.29 is 19.7 Å². The third-order valence-electron chi connectivity index (χ3n) is 4.59. The van der Waals surface area contributed by atoms with E-state index >= 15 is 0 Å². The van der Waals surface area contributed by atoms with Gasteiger partial charge in [0.2, 0.25) is 0 Å². The first-order chi connectivity index (χ1) is 10.4. The van der Waals surface area contributed by atoms with Gasteiger partial charge in [-0.15, -0.1) is 0 Å². The molecule has 0 bridgehead atoms. The van der Waals surface area contributed by atoms with Crippen LogP contribution < -0.4 is 0 Å². The smallest absolute Gasteiger partial charge is 0.308 e. The number of rotatable bonds is 10. The highest BCUT2D eigenvalue weighted by atomic mass is 16.5. The predicted octanol–water partition coefficient (Wildman–Crippen LogP) is 3.44. The van der Waals surface area contributed by atoms with Gasteiger partial charge in [0.15, 0.2) is 0 Å². The molecule has 1 aliphatic rings. The average molecular weight is 314 g/mol. The highest BCUT2D eigenvalue weighted by Crippen LogP contribution is 2.24. The maximum atomic E-state index is 11.3. The van der Waals surface area contributed by atoms with Gasteiger partial charge in [-0.1, -0.05) is 26.7 Å². The van der Waals surface area contributed by atoms with Crippen molar-refractivity contribution in [2.45, 2.75) is 96.9 Å². The lowest BCUT2D eigenvalue weighted by Gasteiger charge is -2.26. The first kappa shape index (κ1) is 19.4. The van der Waals surface area contributed by atoms with Crippen LogP contribution in [0.3, 0.4) is 0 Å². The normalized spacial score (nSPS) is 26.3. The summed E-state index contributed by atoms with van der Waals surface area (Å²) in [5, 5.41) is 18.9. The third-order valence-corrected chi connectivity index (χ3v) is 4.59. The van der Waals surface area contributed by atoms with E-state index < -0.39 is 6.10 Å². The molecule has 0 saturated carbocycles. The van der Waals surface area contributed by atoms with Crippen molar-refractivity contribution in [2.75, 3.05) is 0 Å². The van der Waals surface area contributed by atoms with Crippen LogP contribution in [0, 0.1) is 11.8 Å². The summed E-state index contributed by atoms with van der Waals surface area (Å²) in [6, 6.07) is 0. The topological polar surface area (TPSA) is 66.8 Å². The van der Waals surface area contributed by atoms with Crippen molar-refractivity contribution in [3.05, 3.63) is 0 Å². The highest BCUT2D eigenvalue weighted by molar-refractivity contribution is 5.70. The lowest BCUT2D eigenvalue weighted by Crippen LogP contribution is -2.32. The van der Waals surface area contributed by atoms with Gasteiger partial charge < -0.3 is 14.9 Å². The summed E-state index contributed by atoms with van der Waals surface area (Å²) < 4.78 is 5.26. The van der Waals surface area contributed by atoms with E-state index in [0.717, 1.165) is 32.1 Å². The van der Waals surface area contributed by atoms with Gasteiger partial charge in [0, 0.05) is 6.42 Å². The largest absolute Gasteiger partial charge is 0.462 e. The predicted molar refractivity (Wildman–Crippen MR) is 87.4 cm³/mol. The second-order valence-electron chi connectivity index (χ2n) is 7.36. The number of unbranched alkanes of at least 4 members (excludes halogenated alkanes) is 1. The number of aliphatic hydroxyl groups excluding tert-OH is 2. The van der Waals surface area contributed by atoms with E-state index in [9.17, 15) is 15.0 Å². The molecule has 1 heterocycles. The van der Waals surface area contributed by atoms with Gasteiger partial charge in [0.05, 0.1) is 18.6 Å². The van der Waals surface area contributed by atoms with Gasteiger partial charge in [0.25, 0.3) is 0 Å². The molecule has 22 heavy (non-hydrogen) atoms. The maximum Gasteiger partial charge on any atom is 0.308 e. The van der Waals surface area contributed by atoms with Crippen LogP contribution in [0.4, 0.5) is 0 Å². The Morgan fingerprint density at radius 3 is 2.45 bits per heavy atom. The Labute approximate surface area is 135 Å². The van der Waals surface area contributed by atoms with Crippen molar-refractivity contribution in [1.29, 1.82) is 0 Å². The minimum Gasteiger partial charge on any atom is -0.462 e. The SMILES string of the molecule is C[C@H](CC[C@@H](C)O)C[C@@H](C)CCCC[C@H]1C[C@H](O)CC(=O)O1. The number of ether oxygens (including phenoxy) is 1. The Balaban J connectivity index is 2.07. The van der Waals surface area contributed by atoms with E-state index in [1.54, 1.807) is 0 Å². The molecule has 0 amide bonds. The highest BCUT2D eigenvalue weighted by Gasteiger charge is 2.26. The fraction of sp³-hybridized carbons (Fsp3) is 0.944. The zero-order valence-corrected chi connectivity index (χ0v) is 14.5. The van der Waals surface area contributed by atoms with Gasteiger partial charge in [-0.25, -0.2) is 0 Å². The molecule has 1 saturated heterocycles. The van der Waals surface area contributed by atoms with Gasteiger partial charge in [-0.05, 0) is 50.9 Å². The van der Waals surface area contributed by atoms with Crippen LogP contribution in [-0.4, -0.2) is 34.5 Å². The molecule has 0 aromatic heterocycles. The fourth-order valence-corrected chi connectivity index (χ4v) is 3.35. The molecular weight excluding hydrogens is 280 g/mol. The summed E-state index contributed by atoms with van der Waals surface area (Å²) >= 11 is 0. The number of aliphatic hydroxyl groups is 2. The molecule has 5 atom stereocenters. The molecule has 130 valence electrons. The van der Waals surface area contributed by atoms with Crippen molar-refractivity contribution in [2.24, 2.45) is 11.8 Å². The summed E-state index contributed by atoms with van der Waals surface area (Å²) in [7, 11) is 0. The van der Waals surface area contributed by atoms with Gasteiger partial charge in [-0.2, -0.15) is 0 Å². The van der Waals surface area contributed by atoms with Crippen LogP contribution in [0.1, 0.15) is 78.6 Å². The minimum absolute atomic E-state index is 0.0866. The zero-order chi connectivity index (χ0) is 16.5. The van der Waals surface area contributed by atoms with Crippen LogP contribution >= 0.6 is 0 Å². The number of carbonyl (C=O) groups is 1. The van der Waals surface area contributed by atoms with Crippen LogP contribution in [-0.2, 0) is 9.53 Å². The Morgan fingerprint density at radius 1 is 1.14 bits per heavy atom. The quantitative estimate of drug-likeness (QED) is 0.479. The third kappa shape index (κ3) is 8.74. The Kier molecular flexibility index (Phi) is 9.03. The lowest BCUT2D eigenvalue weighted by molar-refractivity contribution is -0.160.